The molecule has 108 valence electrons. The minimum absolute atomic E-state index is 0.00454. The third-order valence-corrected chi connectivity index (χ3v) is 3.80. The van der Waals surface area contributed by atoms with Crippen molar-refractivity contribution < 1.29 is 19.5 Å². The maximum Gasteiger partial charge on any atom is 0.303 e. The molecule has 0 spiro atoms. The van der Waals surface area contributed by atoms with Gasteiger partial charge in [-0.3, -0.25) is 14.4 Å². The Bertz CT molecular complexity index is 543. The van der Waals surface area contributed by atoms with E-state index in [1.54, 1.807) is 10.3 Å². The van der Waals surface area contributed by atoms with E-state index in [1.807, 2.05) is 0 Å². The highest BCUT2D eigenvalue weighted by molar-refractivity contribution is 7.14. The zero-order valence-corrected chi connectivity index (χ0v) is 11.8. The van der Waals surface area contributed by atoms with Crippen molar-refractivity contribution in [1.82, 2.24) is 9.88 Å². The molecule has 0 saturated carbocycles. The number of likely N-dealkylation sites (tertiary alicyclic amines) is 1. The molecule has 20 heavy (non-hydrogen) atoms. The number of carbonyl (C=O) groups excluding carboxylic acids is 2. The van der Waals surface area contributed by atoms with Crippen LogP contribution in [0.25, 0.3) is 0 Å². The number of thiazole rings is 1. The van der Waals surface area contributed by atoms with Crippen LogP contribution in [-0.2, 0) is 9.59 Å². The van der Waals surface area contributed by atoms with Crippen molar-refractivity contribution in [2.75, 3.05) is 18.4 Å². The molecule has 8 heteroatoms. The van der Waals surface area contributed by atoms with Crippen molar-refractivity contribution in [2.24, 2.45) is 5.92 Å². The molecule has 7 nitrogen and oxygen atoms in total. The number of carboxylic acids is 1. The molecule has 0 radical (unpaired) electrons. The maximum atomic E-state index is 12.2. The van der Waals surface area contributed by atoms with Crippen molar-refractivity contribution in [3.8, 4) is 0 Å². The van der Waals surface area contributed by atoms with E-state index in [-0.39, 0.29) is 29.8 Å². The summed E-state index contributed by atoms with van der Waals surface area (Å²) in [7, 11) is 0. The summed E-state index contributed by atoms with van der Waals surface area (Å²) in [6.45, 7) is 2.36. The fraction of sp³-hybridized carbons (Fsp3) is 0.500. The van der Waals surface area contributed by atoms with Crippen LogP contribution in [0.4, 0.5) is 5.13 Å². The quantitative estimate of drug-likeness (QED) is 0.865. The monoisotopic (exact) mass is 297 g/mol. The van der Waals surface area contributed by atoms with Gasteiger partial charge in [-0.25, -0.2) is 4.98 Å². The zero-order chi connectivity index (χ0) is 14.7. The lowest BCUT2D eigenvalue weighted by Crippen LogP contribution is -2.29. The van der Waals surface area contributed by atoms with Gasteiger partial charge in [-0.2, -0.15) is 0 Å². The molecule has 1 aromatic heterocycles. The molecule has 1 aliphatic heterocycles. The van der Waals surface area contributed by atoms with Crippen LogP contribution in [0, 0.1) is 5.92 Å². The van der Waals surface area contributed by atoms with E-state index in [0.29, 0.717) is 24.6 Å². The summed E-state index contributed by atoms with van der Waals surface area (Å²) in [4.78, 5) is 39.4. The Morgan fingerprint density at radius 1 is 1.55 bits per heavy atom. The highest BCUT2D eigenvalue weighted by atomic mass is 32.1. The van der Waals surface area contributed by atoms with Crippen LogP contribution in [-0.4, -0.2) is 45.9 Å². The van der Waals surface area contributed by atoms with Gasteiger partial charge in [-0.05, 0) is 12.3 Å². The lowest BCUT2D eigenvalue weighted by Gasteiger charge is -2.14. The van der Waals surface area contributed by atoms with Gasteiger partial charge in [0.05, 0.1) is 0 Å². The lowest BCUT2D eigenvalue weighted by atomic mass is 10.1. The Balaban J connectivity index is 1.96. The summed E-state index contributed by atoms with van der Waals surface area (Å²) in [6, 6.07) is 0. The maximum absolute atomic E-state index is 12.2. The standard InChI is InChI=1S/C12H15N3O4S/c1-7(16)13-12-14-9(6-20-12)11(19)15-3-2-8(5-15)4-10(17)18/h6,8H,2-5H2,1H3,(H,17,18)(H,13,14,16). The number of rotatable bonds is 4. The first kappa shape index (κ1) is 14.4. The van der Waals surface area contributed by atoms with E-state index < -0.39 is 5.97 Å². The molecule has 2 N–H and O–H groups in total. The predicted molar refractivity (Wildman–Crippen MR) is 72.7 cm³/mol. The third kappa shape index (κ3) is 3.53. The summed E-state index contributed by atoms with van der Waals surface area (Å²) in [5.41, 5.74) is 0.287. The van der Waals surface area contributed by atoms with Gasteiger partial charge in [0.2, 0.25) is 5.91 Å². The van der Waals surface area contributed by atoms with E-state index in [9.17, 15) is 14.4 Å². The Hall–Kier alpha value is -1.96. The van der Waals surface area contributed by atoms with Crippen LogP contribution >= 0.6 is 11.3 Å². The van der Waals surface area contributed by atoms with Gasteiger partial charge >= 0.3 is 5.97 Å². The Morgan fingerprint density at radius 2 is 2.30 bits per heavy atom. The summed E-state index contributed by atoms with van der Waals surface area (Å²) in [6.07, 6.45) is 0.777. The summed E-state index contributed by atoms with van der Waals surface area (Å²) >= 11 is 1.19. The Morgan fingerprint density at radius 3 is 2.95 bits per heavy atom. The fourth-order valence-corrected chi connectivity index (χ4v) is 2.90. The van der Waals surface area contributed by atoms with Crippen LogP contribution < -0.4 is 5.32 Å². The van der Waals surface area contributed by atoms with E-state index in [1.165, 1.54) is 18.3 Å². The minimum atomic E-state index is -0.842. The van der Waals surface area contributed by atoms with E-state index in [2.05, 4.69) is 10.3 Å². The number of anilines is 1. The normalized spacial score (nSPS) is 18.1. The molecule has 0 aliphatic carbocycles. The second kappa shape index (κ2) is 6.00. The first-order valence-corrected chi connectivity index (χ1v) is 7.08. The molecule has 2 amide bonds. The summed E-state index contributed by atoms with van der Waals surface area (Å²) in [5, 5.41) is 13.3. The van der Waals surface area contributed by atoms with Gasteiger partial charge in [0, 0.05) is 31.8 Å². The van der Waals surface area contributed by atoms with Crippen LogP contribution in [0.1, 0.15) is 30.3 Å². The van der Waals surface area contributed by atoms with E-state index >= 15 is 0 Å². The number of nitrogens with one attached hydrogen (secondary N) is 1. The Labute approximate surface area is 119 Å². The molecule has 2 heterocycles. The van der Waals surface area contributed by atoms with Gasteiger partial charge < -0.3 is 15.3 Å². The fourth-order valence-electron chi connectivity index (χ4n) is 2.17. The lowest BCUT2D eigenvalue weighted by molar-refractivity contribution is -0.138. The number of nitrogens with zero attached hydrogens (tertiary/aromatic N) is 2. The molecule has 1 fully saturated rings. The first-order valence-electron chi connectivity index (χ1n) is 6.20. The predicted octanol–water partition coefficient (Wildman–Crippen LogP) is 1.04. The first-order chi connectivity index (χ1) is 9.45. The topological polar surface area (TPSA) is 99.6 Å². The van der Waals surface area contributed by atoms with Crippen LogP contribution in [0.5, 0.6) is 0 Å². The Kier molecular flexibility index (Phi) is 4.33. The van der Waals surface area contributed by atoms with Crippen LogP contribution in [0.15, 0.2) is 5.38 Å². The van der Waals surface area contributed by atoms with Gasteiger partial charge in [-0.1, -0.05) is 0 Å². The van der Waals surface area contributed by atoms with Gasteiger partial charge in [0.1, 0.15) is 5.69 Å². The summed E-state index contributed by atoms with van der Waals surface area (Å²) < 4.78 is 0. The molecule has 2 rings (SSSR count). The third-order valence-electron chi connectivity index (χ3n) is 3.04. The average molecular weight is 297 g/mol. The van der Waals surface area contributed by atoms with Gasteiger partial charge in [0.15, 0.2) is 5.13 Å². The molecular formula is C12H15N3O4S. The molecule has 1 aromatic rings. The number of carboxylic acid groups (broad SMARTS) is 1. The van der Waals surface area contributed by atoms with E-state index in [0.717, 1.165) is 0 Å². The number of carbonyl (C=O) groups is 3. The van der Waals surface area contributed by atoms with Crippen molar-refractivity contribution in [1.29, 1.82) is 0 Å². The molecule has 1 aliphatic rings. The van der Waals surface area contributed by atoms with Crippen molar-refractivity contribution in [3.63, 3.8) is 0 Å². The van der Waals surface area contributed by atoms with Crippen molar-refractivity contribution in [2.45, 2.75) is 19.8 Å². The number of aliphatic carboxylic acids is 1. The molecular weight excluding hydrogens is 282 g/mol. The SMILES string of the molecule is CC(=O)Nc1nc(C(=O)N2CCC(CC(=O)O)C2)cs1. The second-order valence-electron chi connectivity index (χ2n) is 4.72. The molecule has 1 saturated heterocycles. The molecule has 1 unspecified atom stereocenters. The molecule has 0 bridgehead atoms. The number of hydrogen-bond acceptors (Lipinski definition) is 5. The largest absolute Gasteiger partial charge is 0.481 e. The van der Waals surface area contributed by atoms with Crippen LogP contribution in [0.2, 0.25) is 0 Å². The molecule has 1 atom stereocenters. The van der Waals surface area contributed by atoms with Crippen LogP contribution in [0.3, 0.4) is 0 Å². The van der Waals surface area contributed by atoms with E-state index in [4.69, 9.17) is 5.11 Å². The zero-order valence-electron chi connectivity index (χ0n) is 11.0. The summed E-state index contributed by atoms with van der Waals surface area (Å²) in [5.74, 6) is -1.29. The number of amides is 2. The smallest absolute Gasteiger partial charge is 0.303 e. The highest BCUT2D eigenvalue weighted by Gasteiger charge is 2.29. The van der Waals surface area contributed by atoms with Crippen molar-refractivity contribution in [3.05, 3.63) is 11.1 Å². The minimum Gasteiger partial charge on any atom is -0.481 e. The van der Waals surface area contributed by atoms with Gasteiger partial charge in [-0.15, -0.1) is 11.3 Å². The second-order valence-corrected chi connectivity index (χ2v) is 5.58. The number of hydrogen-bond donors (Lipinski definition) is 2. The van der Waals surface area contributed by atoms with Crippen molar-refractivity contribution >= 4 is 34.3 Å². The van der Waals surface area contributed by atoms with Gasteiger partial charge in [0.25, 0.3) is 5.91 Å². The molecule has 0 aromatic carbocycles. The number of aromatic nitrogens is 1. The highest BCUT2D eigenvalue weighted by Crippen LogP contribution is 2.23. The average Bonchev–Trinajstić information content (AvgIpc) is 2.96.